The highest BCUT2D eigenvalue weighted by Gasteiger charge is 2.08. The van der Waals surface area contributed by atoms with E-state index in [2.05, 4.69) is 4.98 Å². The topological polar surface area (TPSA) is 26.0 Å². The Morgan fingerprint density at radius 1 is 1.41 bits per heavy atom. The van der Waals surface area contributed by atoms with Crippen LogP contribution in [0.1, 0.15) is 17.0 Å². The van der Waals surface area contributed by atoms with E-state index in [0.717, 1.165) is 17.0 Å². The predicted molar refractivity (Wildman–Crippen MR) is 66.9 cm³/mol. The van der Waals surface area contributed by atoms with E-state index in [1.54, 1.807) is 6.07 Å². The second kappa shape index (κ2) is 5.10. The fourth-order valence-corrected chi connectivity index (χ4v) is 2.51. The van der Waals surface area contributed by atoms with Gasteiger partial charge in [-0.15, -0.1) is 0 Å². The second-order valence-electron chi connectivity index (χ2n) is 3.65. The summed E-state index contributed by atoms with van der Waals surface area (Å²) in [5.41, 5.74) is 1.75. The van der Waals surface area contributed by atoms with Gasteiger partial charge in [0.15, 0.2) is 0 Å². The lowest BCUT2D eigenvalue weighted by molar-refractivity contribution is 0.431. The van der Waals surface area contributed by atoms with Crippen LogP contribution in [0.4, 0.5) is 4.39 Å². The summed E-state index contributed by atoms with van der Waals surface area (Å²) in [4.78, 5) is 4.25. The smallest absolute Gasteiger partial charge is 0.256 e. The Kier molecular flexibility index (Phi) is 3.74. The molecule has 0 saturated carbocycles. The molecule has 1 aromatic heterocycles. The van der Waals surface area contributed by atoms with Crippen molar-refractivity contribution >= 4 is 23.4 Å². The molecule has 0 aliphatic carbocycles. The number of thioether (sulfide) groups is 1. The molecular formula is C12H11ClFNOS. The minimum Gasteiger partial charge on any atom is -0.437 e. The summed E-state index contributed by atoms with van der Waals surface area (Å²) in [6.45, 7) is 3.77. The first-order valence-corrected chi connectivity index (χ1v) is 6.43. The van der Waals surface area contributed by atoms with Gasteiger partial charge in [-0.25, -0.2) is 9.37 Å². The van der Waals surface area contributed by atoms with Gasteiger partial charge in [0.2, 0.25) is 0 Å². The number of rotatable bonds is 3. The van der Waals surface area contributed by atoms with E-state index in [0.29, 0.717) is 16.0 Å². The molecule has 2 rings (SSSR count). The number of aryl methyl sites for hydroxylation is 2. The van der Waals surface area contributed by atoms with Crippen LogP contribution in [0, 0.1) is 19.7 Å². The lowest BCUT2D eigenvalue weighted by Crippen LogP contribution is -1.84. The average molecular weight is 272 g/mol. The number of hydrogen-bond acceptors (Lipinski definition) is 3. The zero-order valence-corrected chi connectivity index (χ0v) is 11.0. The molecule has 0 N–H and O–H groups in total. The maximum Gasteiger partial charge on any atom is 0.256 e. The Balaban J connectivity index is 2.07. The first-order valence-electron chi connectivity index (χ1n) is 5.07. The fraction of sp³-hybridized carbons (Fsp3) is 0.250. The standard InChI is InChI=1S/C12H11ClFNOS/c1-7-8(2)16-12(15-7)17-6-9-3-4-10(14)5-11(9)13/h3-5H,6H2,1-2H3. The first kappa shape index (κ1) is 12.5. The average Bonchev–Trinajstić information content (AvgIpc) is 2.57. The van der Waals surface area contributed by atoms with Crippen LogP contribution in [-0.2, 0) is 5.75 Å². The van der Waals surface area contributed by atoms with Gasteiger partial charge in [-0.1, -0.05) is 29.4 Å². The van der Waals surface area contributed by atoms with Gasteiger partial charge in [-0.2, -0.15) is 0 Å². The zero-order valence-electron chi connectivity index (χ0n) is 9.46. The van der Waals surface area contributed by atoms with Crippen LogP contribution < -0.4 is 0 Å². The number of hydrogen-bond donors (Lipinski definition) is 0. The molecule has 0 spiro atoms. The van der Waals surface area contributed by atoms with E-state index in [-0.39, 0.29) is 5.82 Å². The Morgan fingerprint density at radius 3 is 2.76 bits per heavy atom. The van der Waals surface area contributed by atoms with Crippen molar-refractivity contribution in [1.82, 2.24) is 4.98 Å². The highest BCUT2D eigenvalue weighted by atomic mass is 35.5. The van der Waals surface area contributed by atoms with Crippen LogP contribution >= 0.6 is 23.4 Å². The molecule has 0 amide bonds. The molecule has 17 heavy (non-hydrogen) atoms. The van der Waals surface area contributed by atoms with Gasteiger partial charge in [0, 0.05) is 10.8 Å². The summed E-state index contributed by atoms with van der Waals surface area (Å²) in [5, 5.41) is 1.04. The highest BCUT2D eigenvalue weighted by Crippen LogP contribution is 2.27. The molecular weight excluding hydrogens is 261 g/mol. The first-order chi connectivity index (χ1) is 8.06. The predicted octanol–water partition coefficient (Wildman–Crippen LogP) is 4.38. The van der Waals surface area contributed by atoms with Crippen molar-refractivity contribution in [3.63, 3.8) is 0 Å². The number of aromatic nitrogens is 1. The molecule has 90 valence electrons. The van der Waals surface area contributed by atoms with Gasteiger partial charge in [0.05, 0.1) is 5.69 Å². The third-order valence-corrected chi connectivity index (χ3v) is 3.60. The van der Waals surface area contributed by atoms with E-state index < -0.39 is 0 Å². The molecule has 2 aromatic rings. The summed E-state index contributed by atoms with van der Waals surface area (Å²) in [5.74, 6) is 1.10. The monoisotopic (exact) mass is 271 g/mol. The molecule has 0 saturated heterocycles. The minimum atomic E-state index is -0.327. The van der Waals surface area contributed by atoms with Crippen LogP contribution in [0.5, 0.6) is 0 Å². The van der Waals surface area contributed by atoms with Crippen LogP contribution in [0.3, 0.4) is 0 Å². The van der Waals surface area contributed by atoms with E-state index in [1.807, 2.05) is 13.8 Å². The number of nitrogens with zero attached hydrogens (tertiary/aromatic N) is 1. The normalized spacial score (nSPS) is 10.8. The summed E-state index contributed by atoms with van der Waals surface area (Å²) >= 11 is 7.37. The van der Waals surface area contributed by atoms with Gasteiger partial charge in [0.1, 0.15) is 11.6 Å². The van der Waals surface area contributed by atoms with Gasteiger partial charge >= 0.3 is 0 Å². The van der Waals surface area contributed by atoms with Gasteiger partial charge in [-0.3, -0.25) is 0 Å². The lowest BCUT2D eigenvalue weighted by atomic mass is 10.2. The summed E-state index contributed by atoms with van der Waals surface area (Å²) < 4.78 is 18.3. The van der Waals surface area contributed by atoms with E-state index in [4.69, 9.17) is 16.0 Å². The van der Waals surface area contributed by atoms with E-state index in [1.165, 1.54) is 23.9 Å². The van der Waals surface area contributed by atoms with Gasteiger partial charge in [-0.05, 0) is 31.5 Å². The number of halogens is 2. The number of benzene rings is 1. The summed E-state index contributed by atoms with van der Waals surface area (Å²) in [7, 11) is 0. The van der Waals surface area contributed by atoms with Crippen molar-refractivity contribution in [2.45, 2.75) is 24.8 Å². The molecule has 1 heterocycles. The van der Waals surface area contributed by atoms with Crippen LogP contribution in [0.2, 0.25) is 5.02 Å². The quantitative estimate of drug-likeness (QED) is 0.775. The van der Waals surface area contributed by atoms with E-state index in [9.17, 15) is 4.39 Å². The molecule has 0 aliphatic heterocycles. The molecule has 0 bridgehead atoms. The van der Waals surface area contributed by atoms with Crippen molar-refractivity contribution in [2.75, 3.05) is 0 Å². The lowest BCUT2D eigenvalue weighted by Gasteiger charge is -2.01. The zero-order chi connectivity index (χ0) is 12.4. The molecule has 1 aromatic carbocycles. The van der Waals surface area contributed by atoms with Crippen LogP contribution in [0.25, 0.3) is 0 Å². The fourth-order valence-electron chi connectivity index (χ4n) is 1.28. The van der Waals surface area contributed by atoms with Gasteiger partial charge < -0.3 is 4.42 Å². The minimum absolute atomic E-state index is 0.327. The maximum atomic E-state index is 12.8. The van der Waals surface area contributed by atoms with Crippen molar-refractivity contribution in [1.29, 1.82) is 0 Å². The Hall–Kier alpha value is -1.000. The summed E-state index contributed by atoms with van der Waals surface area (Å²) in [6, 6.07) is 4.38. The Morgan fingerprint density at radius 2 is 2.18 bits per heavy atom. The maximum absolute atomic E-state index is 12.8. The van der Waals surface area contributed by atoms with Gasteiger partial charge in [0.25, 0.3) is 5.22 Å². The van der Waals surface area contributed by atoms with Crippen molar-refractivity contribution in [3.8, 4) is 0 Å². The molecule has 0 aliphatic rings. The third kappa shape index (κ3) is 3.01. The van der Waals surface area contributed by atoms with Crippen molar-refractivity contribution in [2.24, 2.45) is 0 Å². The van der Waals surface area contributed by atoms with Crippen LogP contribution in [0.15, 0.2) is 27.8 Å². The molecule has 0 fully saturated rings. The van der Waals surface area contributed by atoms with E-state index >= 15 is 0 Å². The van der Waals surface area contributed by atoms with Crippen molar-refractivity contribution in [3.05, 3.63) is 46.1 Å². The third-order valence-electron chi connectivity index (χ3n) is 2.38. The molecule has 5 heteroatoms. The highest BCUT2D eigenvalue weighted by molar-refractivity contribution is 7.98. The molecule has 0 atom stereocenters. The molecule has 2 nitrogen and oxygen atoms in total. The SMILES string of the molecule is Cc1nc(SCc2ccc(F)cc2Cl)oc1C. The summed E-state index contributed by atoms with van der Waals surface area (Å²) in [6.07, 6.45) is 0. The Labute approximate surface area is 108 Å². The Bertz CT molecular complexity index is 522. The largest absolute Gasteiger partial charge is 0.437 e. The van der Waals surface area contributed by atoms with Crippen molar-refractivity contribution < 1.29 is 8.81 Å². The van der Waals surface area contributed by atoms with Crippen LogP contribution in [-0.4, -0.2) is 4.98 Å². The second-order valence-corrected chi connectivity index (χ2v) is 4.98. The molecule has 0 unspecified atom stereocenters. The molecule has 0 radical (unpaired) electrons. The number of oxazole rings is 1.